The fourth-order valence-corrected chi connectivity index (χ4v) is 1.69. The molecule has 0 saturated carbocycles. The zero-order valence-electron chi connectivity index (χ0n) is 15.5. The Morgan fingerprint density at radius 3 is 2.28 bits per heavy atom. The Morgan fingerprint density at radius 1 is 1.20 bits per heavy atom. The number of fused-ring (bicyclic) bond motifs is 1. The highest BCUT2D eigenvalue weighted by Gasteiger charge is 2.31. The summed E-state index contributed by atoms with van der Waals surface area (Å²) in [5, 5.41) is 20.2. The van der Waals surface area contributed by atoms with Gasteiger partial charge >= 0.3 is 0 Å². The third-order valence-corrected chi connectivity index (χ3v) is 4.04. The van der Waals surface area contributed by atoms with Crippen LogP contribution in [-0.4, -0.2) is 47.5 Å². The number of aromatic nitrogens is 1. The van der Waals surface area contributed by atoms with E-state index in [0.29, 0.717) is 0 Å². The van der Waals surface area contributed by atoms with Crippen LogP contribution in [0.4, 0.5) is 0 Å². The van der Waals surface area contributed by atoms with Crippen LogP contribution in [0.2, 0.25) is 0 Å². The van der Waals surface area contributed by atoms with Crippen molar-refractivity contribution < 1.29 is 10.2 Å². The normalized spacial score (nSPS) is 13.0. The summed E-state index contributed by atoms with van der Waals surface area (Å²) in [5.41, 5.74) is 5.84. The van der Waals surface area contributed by atoms with Gasteiger partial charge in [0.25, 0.3) is 0 Å². The van der Waals surface area contributed by atoms with E-state index in [2.05, 4.69) is 9.98 Å². The summed E-state index contributed by atoms with van der Waals surface area (Å²) in [7, 11) is 7.56. The van der Waals surface area contributed by atoms with Crippen LogP contribution in [0, 0.1) is 0 Å². The molecule has 1 aromatic heterocycles. The van der Waals surface area contributed by atoms with E-state index in [-0.39, 0.29) is 0 Å². The highest BCUT2D eigenvalue weighted by atomic mass is 16.3. The lowest BCUT2D eigenvalue weighted by Gasteiger charge is -2.31. The summed E-state index contributed by atoms with van der Waals surface area (Å²) in [6.07, 6.45) is 4.93. The molecule has 1 aromatic carbocycles. The van der Waals surface area contributed by atoms with Gasteiger partial charge in [-0.3, -0.25) is 9.98 Å². The summed E-state index contributed by atoms with van der Waals surface area (Å²) >= 11 is 0. The van der Waals surface area contributed by atoms with E-state index in [1.165, 1.54) is 6.20 Å². The summed E-state index contributed by atoms with van der Waals surface area (Å²) in [6, 6.07) is 7.72. The topological polar surface area (TPSA) is 91.7 Å². The van der Waals surface area contributed by atoms with Crippen molar-refractivity contribution >= 4 is 35.9 Å². The molecule has 4 N–H and O–H groups in total. The van der Waals surface area contributed by atoms with Gasteiger partial charge in [-0.15, -0.1) is 0 Å². The minimum absolute atomic E-state index is 0.726. The molecule has 0 spiro atoms. The summed E-state index contributed by atoms with van der Waals surface area (Å²) in [4.78, 5) is 8.28. The van der Waals surface area contributed by atoms with Crippen molar-refractivity contribution in [2.75, 3.05) is 7.05 Å². The monoisotopic (exact) mass is 339 g/mol. The Balaban J connectivity index is 0.000000333. The lowest BCUT2D eigenvalue weighted by Crippen LogP contribution is -2.44. The maximum atomic E-state index is 9.10. The zero-order chi connectivity index (χ0) is 19.3. The first-order valence-electron chi connectivity index (χ1n) is 7.94. The van der Waals surface area contributed by atoms with E-state index in [1.807, 2.05) is 24.3 Å². The lowest BCUT2D eigenvalue weighted by molar-refractivity contribution is -0.107. The largest absolute Gasteiger partial charge is 0.404 e. The maximum absolute atomic E-state index is 9.10. The van der Waals surface area contributed by atoms with Crippen LogP contribution in [0.1, 0.15) is 33.4 Å². The molecule has 0 unspecified atom stereocenters. The van der Waals surface area contributed by atoms with Gasteiger partial charge in [0.05, 0.1) is 16.9 Å². The van der Waals surface area contributed by atoms with Crippen molar-refractivity contribution in [3.63, 3.8) is 0 Å². The number of nitrogens with two attached hydrogens (primary N) is 1. The number of benzene rings is 1. The molecule has 0 amide bonds. The SMILES string of the molecule is CC(C)(O)C(C)(C)O.[B]c1cccc2cc(/C(C=NC)=C/N)ncc12. The zero-order valence-corrected chi connectivity index (χ0v) is 15.5. The molecule has 0 bridgehead atoms. The molecule has 0 atom stereocenters. The highest BCUT2D eigenvalue weighted by molar-refractivity contribution is 6.38. The van der Waals surface area contributed by atoms with Crippen molar-refractivity contribution in [1.29, 1.82) is 0 Å². The number of nitrogens with zero attached hydrogens (tertiary/aromatic N) is 2. The first-order valence-corrected chi connectivity index (χ1v) is 7.94. The van der Waals surface area contributed by atoms with Crippen molar-refractivity contribution in [2.24, 2.45) is 10.7 Å². The molecule has 132 valence electrons. The summed E-state index contributed by atoms with van der Waals surface area (Å²) in [5.74, 6) is 0. The number of allylic oxidation sites excluding steroid dienone is 1. The molecule has 0 aliphatic carbocycles. The number of aliphatic imine (C=N–C) groups is 1. The van der Waals surface area contributed by atoms with Gasteiger partial charge in [0, 0.05) is 31.2 Å². The minimum Gasteiger partial charge on any atom is -0.404 e. The van der Waals surface area contributed by atoms with Crippen LogP contribution in [0.5, 0.6) is 0 Å². The van der Waals surface area contributed by atoms with E-state index in [1.54, 1.807) is 47.2 Å². The van der Waals surface area contributed by atoms with Crippen LogP contribution >= 0.6 is 0 Å². The van der Waals surface area contributed by atoms with Crippen LogP contribution in [0.15, 0.2) is 41.7 Å². The molecule has 5 nitrogen and oxygen atoms in total. The number of aliphatic hydroxyl groups is 2. The minimum atomic E-state index is -1.01. The van der Waals surface area contributed by atoms with E-state index >= 15 is 0 Å². The lowest BCUT2D eigenvalue weighted by atomic mass is 9.90. The standard InChI is InChI=1S/C13H12BN3.C6H14O2/c1-16-7-10(6-15)13-5-9-3-2-4-12(14)11(9)8-17-13;1-5(2,7)6(3,4)8/h2-8H,15H2,1H3;7-8H,1-4H3/b10-6+,16-7?;. The average molecular weight is 339 g/mol. The first kappa shape index (κ1) is 20.9. The van der Waals surface area contributed by atoms with Gasteiger partial charge in [0.1, 0.15) is 7.85 Å². The molecule has 25 heavy (non-hydrogen) atoms. The molecule has 0 aliphatic heterocycles. The van der Waals surface area contributed by atoms with Crippen LogP contribution in [0.3, 0.4) is 0 Å². The quantitative estimate of drug-likeness (QED) is 0.585. The van der Waals surface area contributed by atoms with Gasteiger partial charge in [-0.2, -0.15) is 0 Å². The van der Waals surface area contributed by atoms with Crippen molar-refractivity contribution in [2.45, 2.75) is 38.9 Å². The first-order chi connectivity index (χ1) is 11.5. The van der Waals surface area contributed by atoms with Crippen molar-refractivity contribution in [1.82, 2.24) is 4.98 Å². The molecular formula is C19H26BN3O2. The van der Waals surface area contributed by atoms with Gasteiger partial charge in [-0.05, 0) is 44.5 Å². The van der Waals surface area contributed by atoms with E-state index in [9.17, 15) is 0 Å². The molecule has 2 radical (unpaired) electrons. The fourth-order valence-electron chi connectivity index (χ4n) is 1.69. The van der Waals surface area contributed by atoms with Gasteiger partial charge in [-0.25, -0.2) is 0 Å². The Bertz CT molecular complexity index is 760. The Morgan fingerprint density at radius 2 is 1.80 bits per heavy atom. The maximum Gasteiger partial charge on any atom is 0.114 e. The molecule has 6 heteroatoms. The average Bonchev–Trinajstić information content (AvgIpc) is 2.51. The predicted octanol–water partition coefficient (Wildman–Crippen LogP) is 1.56. The smallest absolute Gasteiger partial charge is 0.114 e. The van der Waals surface area contributed by atoms with Crippen LogP contribution in [0.25, 0.3) is 16.3 Å². The number of pyridine rings is 1. The Labute approximate surface area is 150 Å². The van der Waals surface area contributed by atoms with Crippen LogP contribution < -0.4 is 11.2 Å². The van der Waals surface area contributed by atoms with Gasteiger partial charge in [0.15, 0.2) is 0 Å². The van der Waals surface area contributed by atoms with Crippen molar-refractivity contribution in [3.8, 4) is 0 Å². The van der Waals surface area contributed by atoms with Gasteiger partial charge < -0.3 is 15.9 Å². The molecule has 0 fully saturated rings. The van der Waals surface area contributed by atoms with E-state index in [4.69, 9.17) is 23.8 Å². The van der Waals surface area contributed by atoms with E-state index < -0.39 is 11.2 Å². The van der Waals surface area contributed by atoms with Crippen LogP contribution in [-0.2, 0) is 0 Å². The summed E-state index contributed by atoms with van der Waals surface area (Å²) < 4.78 is 0. The number of hydrogen-bond donors (Lipinski definition) is 3. The third-order valence-electron chi connectivity index (χ3n) is 4.04. The molecule has 0 saturated heterocycles. The third kappa shape index (κ3) is 5.69. The van der Waals surface area contributed by atoms with Crippen molar-refractivity contribution in [3.05, 3.63) is 42.4 Å². The highest BCUT2D eigenvalue weighted by Crippen LogP contribution is 2.19. The molecule has 0 aliphatic rings. The fraction of sp³-hybridized carbons (Fsp3) is 0.368. The Kier molecular flexibility index (Phi) is 6.91. The molecule has 2 aromatic rings. The summed E-state index contributed by atoms with van der Waals surface area (Å²) in [6.45, 7) is 6.31. The number of rotatable bonds is 3. The van der Waals surface area contributed by atoms with E-state index in [0.717, 1.165) is 27.5 Å². The second kappa shape index (κ2) is 8.27. The molecular weight excluding hydrogens is 313 g/mol. The Hall–Kier alpha value is -2.18. The second-order valence-corrected chi connectivity index (χ2v) is 6.77. The molecule has 1 heterocycles. The van der Waals surface area contributed by atoms with Gasteiger partial charge in [0.2, 0.25) is 0 Å². The predicted molar refractivity (Wildman–Crippen MR) is 106 cm³/mol. The number of hydrogen-bond acceptors (Lipinski definition) is 5. The second-order valence-electron chi connectivity index (χ2n) is 6.77. The molecule has 2 rings (SSSR count). The van der Waals surface area contributed by atoms with Gasteiger partial charge in [-0.1, -0.05) is 23.7 Å².